The smallest absolute Gasteiger partial charge is 0.238 e. The van der Waals surface area contributed by atoms with Gasteiger partial charge < -0.3 is 5.32 Å². The average Bonchev–Trinajstić information content (AvgIpc) is 3.47. The van der Waals surface area contributed by atoms with Gasteiger partial charge in [-0.05, 0) is 55.7 Å². The van der Waals surface area contributed by atoms with E-state index >= 15 is 0 Å². The van der Waals surface area contributed by atoms with Crippen molar-refractivity contribution in [2.45, 2.75) is 62.3 Å². The number of primary sulfonamides is 1. The SMILES string of the molecule is NS(=O)(=O)c1ccc(CCNC(=O)CN(CC2CCCCC2)C2CC2)cc1. The molecule has 2 aliphatic carbocycles. The van der Waals surface area contributed by atoms with Crippen molar-refractivity contribution in [2.75, 3.05) is 19.6 Å². The van der Waals surface area contributed by atoms with Gasteiger partial charge in [0.15, 0.2) is 0 Å². The zero-order valence-electron chi connectivity index (χ0n) is 15.9. The summed E-state index contributed by atoms with van der Waals surface area (Å²) in [5, 5.41) is 8.10. The summed E-state index contributed by atoms with van der Waals surface area (Å²) in [4.78, 5) is 14.8. The molecule has 0 saturated heterocycles. The maximum Gasteiger partial charge on any atom is 0.238 e. The Bertz CT molecular complexity index is 723. The summed E-state index contributed by atoms with van der Waals surface area (Å²) in [6.07, 6.45) is 9.74. The number of rotatable bonds is 9. The molecule has 7 heteroatoms. The van der Waals surface area contributed by atoms with Crippen LogP contribution < -0.4 is 10.5 Å². The second kappa shape index (κ2) is 9.17. The number of amides is 1. The Balaban J connectivity index is 1.41. The molecule has 0 aliphatic heterocycles. The van der Waals surface area contributed by atoms with Crippen molar-refractivity contribution in [3.8, 4) is 0 Å². The number of nitrogens with two attached hydrogens (primary N) is 1. The summed E-state index contributed by atoms with van der Waals surface area (Å²) >= 11 is 0. The lowest BCUT2D eigenvalue weighted by Crippen LogP contribution is -2.41. The highest BCUT2D eigenvalue weighted by Crippen LogP contribution is 2.31. The zero-order valence-corrected chi connectivity index (χ0v) is 16.7. The number of hydrogen-bond acceptors (Lipinski definition) is 4. The van der Waals surface area contributed by atoms with Gasteiger partial charge in [-0.2, -0.15) is 0 Å². The normalized spacial score (nSPS) is 18.6. The molecule has 0 bridgehead atoms. The Hall–Kier alpha value is -1.44. The minimum Gasteiger partial charge on any atom is -0.355 e. The van der Waals surface area contributed by atoms with Crippen molar-refractivity contribution in [2.24, 2.45) is 11.1 Å². The minimum absolute atomic E-state index is 0.0823. The molecule has 3 N–H and O–H groups in total. The predicted molar refractivity (Wildman–Crippen MR) is 106 cm³/mol. The Labute approximate surface area is 162 Å². The summed E-state index contributed by atoms with van der Waals surface area (Å²) in [5.41, 5.74) is 0.976. The standard InChI is InChI=1S/C20H31N3O3S/c21-27(25,26)19-10-6-16(7-11-19)12-13-22-20(24)15-23(18-8-9-18)14-17-4-2-1-3-5-17/h6-7,10-11,17-18H,1-5,8-9,12-15H2,(H,22,24)(H2,21,25,26). The van der Waals surface area contributed by atoms with Gasteiger partial charge in [-0.3, -0.25) is 9.69 Å². The van der Waals surface area contributed by atoms with Gasteiger partial charge in [0.1, 0.15) is 0 Å². The van der Waals surface area contributed by atoms with Crippen molar-refractivity contribution >= 4 is 15.9 Å². The van der Waals surface area contributed by atoms with E-state index in [2.05, 4.69) is 10.2 Å². The van der Waals surface area contributed by atoms with E-state index in [4.69, 9.17) is 5.14 Å². The summed E-state index contributed by atoms with van der Waals surface area (Å²) in [6, 6.07) is 7.09. The van der Waals surface area contributed by atoms with E-state index in [9.17, 15) is 13.2 Å². The van der Waals surface area contributed by atoms with E-state index in [0.717, 1.165) is 18.0 Å². The van der Waals surface area contributed by atoms with Gasteiger partial charge in [-0.15, -0.1) is 0 Å². The molecule has 0 spiro atoms. The molecule has 1 aromatic carbocycles. The van der Waals surface area contributed by atoms with Crippen LogP contribution >= 0.6 is 0 Å². The van der Waals surface area contributed by atoms with Crippen LogP contribution in [0.5, 0.6) is 0 Å². The lowest BCUT2D eigenvalue weighted by molar-refractivity contribution is -0.122. The number of nitrogens with zero attached hydrogens (tertiary/aromatic N) is 1. The highest BCUT2D eigenvalue weighted by molar-refractivity contribution is 7.89. The second-order valence-corrected chi connectivity index (χ2v) is 9.51. The van der Waals surface area contributed by atoms with Gasteiger partial charge in [0.05, 0.1) is 11.4 Å². The molecule has 0 radical (unpaired) electrons. The molecule has 27 heavy (non-hydrogen) atoms. The summed E-state index contributed by atoms with van der Waals surface area (Å²) in [5.74, 6) is 0.836. The molecule has 0 atom stereocenters. The molecule has 3 rings (SSSR count). The quantitative estimate of drug-likeness (QED) is 0.671. The van der Waals surface area contributed by atoms with E-state index in [1.807, 2.05) is 0 Å². The average molecular weight is 394 g/mol. The summed E-state index contributed by atoms with van der Waals surface area (Å²) in [6.45, 7) is 2.11. The van der Waals surface area contributed by atoms with Crippen LogP contribution in [-0.2, 0) is 21.2 Å². The highest BCUT2D eigenvalue weighted by Gasteiger charge is 2.32. The van der Waals surface area contributed by atoms with E-state index in [-0.39, 0.29) is 10.8 Å². The van der Waals surface area contributed by atoms with Crippen LogP contribution in [0.3, 0.4) is 0 Å². The monoisotopic (exact) mass is 393 g/mol. The molecule has 0 unspecified atom stereocenters. The maximum absolute atomic E-state index is 12.4. The van der Waals surface area contributed by atoms with Gasteiger partial charge in [0.2, 0.25) is 15.9 Å². The zero-order chi connectivity index (χ0) is 19.3. The molecule has 2 saturated carbocycles. The summed E-state index contributed by atoms with van der Waals surface area (Å²) in [7, 11) is -3.66. The third kappa shape index (κ3) is 6.59. The van der Waals surface area contributed by atoms with Crippen molar-refractivity contribution in [1.29, 1.82) is 0 Å². The van der Waals surface area contributed by atoms with Gasteiger partial charge in [-0.1, -0.05) is 31.4 Å². The molecule has 1 amide bonds. The minimum atomic E-state index is -3.66. The molecular formula is C20H31N3O3S. The van der Waals surface area contributed by atoms with Gasteiger partial charge >= 0.3 is 0 Å². The van der Waals surface area contributed by atoms with Crippen LogP contribution in [0.1, 0.15) is 50.5 Å². The number of benzene rings is 1. The van der Waals surface area contributed by atoms with Crippen molar-refractivity contribution in [1.82, 2.24) is 10.2 Å². The lowest BCUT2D eigenvalue weighted by atomic mass is 9.89. The molecule has 150 valence electrons. The highest BCUT2D eigenvalue weighted by atomic mass is 32.2. The number of carbonyl (C=O) groups excluding carboxylic acids is 1. The molecule has 1 aromatic rings. The Kier molecular flexibility index (Phi) is 6.89. The Morgan fingerprint density at radius 2 is 1.74 bits per heavy atom. The molecular weight excluding hydrogens is 362 g/mol. The Morgan fingerprint density at radius 1 is 1.07 bits per heavy atom. The first kappa shape index (κ1) is 20.3. The first-order valence-corrected chi connectivity index (χ1v) is 11.6. The molecule has 2 aliphatic rings. The van der Waals surface area contributed by atoms with Gasteiger partial charge in [0, 0.05) is 19.1 Å². The molecule has 0 heterocycles. The number of hydrogen-bond donors (Lipinski definition) is 2. The second-order valence-electron chi connectivity index (χ2n) is 7.95. The third-order valence-corrected chi connectivity index (χ3v) is 6.54. The van der Waals surface area contributed by atoms with Crippen LogP contribution in [0.15, 0.2) is 29.2 Å². The van der Waals surface area contributed by atoms with E-state index in [0.29, 0.717) is 25.6 Å². The summed E-state index contributed by atoms with van der Waals surface area (Å²) < 4.78 is 22.5. The molecule has 2 fully saturated rings. The van der Waals surface area contributed by atoms with Gasteiger partial charge in [0.25, 0.3) is 0 Å². The van der Waals surface area contributed by atoms with Crippen LogP contribution in [0.25, 0.3) is 0 Å². The number of nitrogens with one attached hydrogen (secondary N) is 1. The topological polar surface area (TPSA) is 92.5 Å². The van der Waals surface area contributed by atoms with Gasteiger partial charge in [-0.25, -0.2) is 13.6 Å². The first-order chi connectivity index (χ1) is 12.9. The van der Waals surface area contributed by atoms with E-state index in [1.165, 1.54) is 57.1 Å². The fourth-order valence-electron chi connectivity index (χ4n) is 3.92. The first-order valence-electron chi connectivity index (χ1n) is 10.0. The predicted octanol–water partition coefficient (Wildman–Crippen LogP) is 2.04. The van der Waals surface area contributed by atoms with Crippen LogP contribution in [-0.4, -0.2) is 44.9 Å². The number of sulfonamides is 1. The van der Waals surface area contributed by atoms with Crippen LogP contribution in [0.4, 0.5) is 0 Å². The van der Waals surface area contributed by atoms with Crippen LogP contribution in [0.2, 0.25) is 0 Å². The fourth-order valence-corrected chi connectivity index (χ4v) is 4.43. The largest absolute Gasteiger partial charge is 0.355 e. The van der Waals surface area contributed by atoms with Crippen molar-refractivity contribution < 1.29 is 13.2 Å². The van der Waals surface area contributed by atoms with Crippen LogP contribution in [0, 0.1) is 5.92 Å². The third-order valence-electron chi connectivity index (χ3n) is 5.62. The van der Waals surface area contributed by atoms with E-state index in [1.54, 1.807) is 12.1 Å². The van der Waals surface area contributed by atoms with Crippen molar-refractivity contribution in [3.63, 3.8) is 0 Å². The lowest BCUT2D eigenvalue weighted by Gasteiger charge is -2.29. The number of carbonyl (C=O) groups is 1. The fraction of sp³-hybridized carbons (Fsp3) is 0.650. The van der Waals surface area contributed by atoms with Crippen molar-refractivity contribution in [3.05, 3.63) is 29.8 Å². The van der Waals surface area contributed by atoms with E-state index < -0.39 is 10.0 Å². The maximum atomic E-state index is 12.4. The Morgan fingerprint density at radius 3 is 2.33 bits per heavy atom. The molecule has 6 nitrogen and oxygen atoms in total. The molecule has 0 aromatic heterocycles.